The number of para-hydroxylation sites is 1. The molecule has 0 unspecified atom stereocenters. The number of carbonyl (C=O) groups is 1. The van der Waals surface area contributed by atoms with Gasteiger partial charge in [0.2, 0.25) is 5.91 Å². The molecule has 1 aliphatic heterocycles. The Hall–Kier alpha value is -2.42. The number of amides is 1. The number of ether oxygens (including phenoxy) is 1. The lowest BCUT2D eigenvalue weighted by Gasteiger charge is -2.29. The largest absolute Gasteiger partial charge is 0.375 e. The van der Waals surface area contributed by atoms with Crippen LogP contribution in [0.1, 0.15) is 6.92 Å². The van der Waals surface area contributed by atoms with Crippen molar-refractivity contribution < 1.29 is 17.9 Å². The van der Waals surface area contributed by atoms with Crippen molar-refractivity contribution in [3.63, 3.8) is 0 Å². The normalized spacial score (nSPS) is 20.1. The number of morpholine rings is 1. The number of carbonyl (C=O) groups excluding carboxylic acids is 1. The van der Waals surface area contributed by atoms with Gasteiger partial charge in [-0.2, -0.15) is 0 Å². The third kappa shape index (κ3) is 4.29. The highest BCUT2D eigenvalue weighted by Gasteiger charge is 2.28. The fourth-order valence-corrected chi connectivity index (χ4v) is 4.16. The number of hydrogen-bond donors (Lipinski definition) is 2. The molecule has 0 bridgehead atoms. The second-order valence-corrected chi connectivity index (χ2v) is 8.30. The molecule has 8 heteroatoms. The summed E-state index contributed by atoms with van der Waals surface area (Å²) >= 11 is 0. The Morgan fingerprint density at radius 1 is 1.19 bits per heavy atom. The predicted octanol–water partition coefficient (Wildman–Crippen LogP) is 1.83. The Bertz CT molecular complexity index is 902. The first kappa shape index (κ1) is 19.3. The number of anilines is 2. The number of rotatable bonds is 5. The summed E-state index contributed by atoms with van der Waals surface area (Å²) < 4.78 is 32.5. The van der Waals surface area contributed by atoms with Gasteiger partial charge < -0.3 is 15.4 Å². The molecule has 0 aliphatic carbocycles. The highest BCUT2D eigenvalue weighted by molar-refractivity contribution is 7.92. The van der Waals surface area contributed by atoms with E-state index >= 15 is 0 Å². The molecule has 0 radical (unpaired) electrons. The Kier molecular flexibility index (Phi) is 5.79. The van der Waals surface area contributed by atoms with Crippen LogP contribution in [-0.2, 0) is 19.6 Å². The molecular weight excluding hydrogens is 366 g/mol. The van der Waals surface area contributed by atoms with Gasteiger partial charge in [0.15, 0.2) is 0 Å². The van der Waals surface area contributed by atoms with Gasteiger partial charge in [0.25, 0.3) is 10.0 Å². The van der Waals surface area contributed by atoms with E-state index in [1.165, 1.54) is 23.5 Å². The first-order valence-electron chi connectivity index (χ1n) is 8.69. The molecule has 3 rings (SSSR count). The van der Waals surface area contributed by atoms with Crippen LogP contribution >= 0.6 is 0 Å². The third-order valence-corrected chi connectivity index (χ3v) is 6.26. The van der Waals surface area contributed by atoms with E-state index in [0.29, 0.717) is 24.5 Å². The average Bonchev–Trinajstić information content (AvgIpc) is 2.68. The minimum Gasteiger partial charge on any atom is -0.375 e. The van der Waals surface area contributed by atoms with Crippen molar-refractivity contribution in [3.05, 3.63) is 54.6 Å². The summed E-state index contributed by atoms with van der Waals surface area (Å²) in [5.74, 6) is -0.256. The first-order chi connectivity index (χ1) is 12.9. The van der Waals surface area contributed by atoms with Gasteiger partial charge in [0.1, 0.15) is 6.04 Å². The first-order valence-corrected chi connectivity index (χ1v) is 10.1. The topological polar surface area (TPSA) is 87.7 Å². The zero-order chi connectivity index (χ0) is 19.4. The van der Waals surface area contributed by atoms with E-state index in [4.69, 9.17) is 4.74 Å². The highest BCUT2D eigenvalue weighted by Crippen LogP contribution is 2.24. The van der Waals surface area contributed by atoms with Crippen LogP contribution in [0.4, 0.5) is 11.4 Å². The van der Waals surface area contributed by atoms with Gasteiger partial charge in [-0.1, -0.05) is 24.3 Å². The summed E-state index contributed by atoms with van der Waals surface area (Å²) in [5, 5.41) is 5.88. The summed E-state index contributed by atoms with van der Waals surface area (Å²) in [4.78, 5) is 12.6. The Labute approximate surface area is 159 Å². The number of sulfonamides is 1. The molecule has 1 fully saturated rings. The molecule has 1 aliphatic rings. The van der Waals surface area contributed by atoms with Gasteiger partial charge in [-0.05, 0) is 37.3 Å². The van der Waals surface area contributed by atoms with Gasteiger partial charge >= 0.3 is 0 Å². The van der Waals surface area contributed by atoms with Crippen LogP contribution in [0.3, 0.4) is 0 Å². The van der Waals surface area contributed by atoms with Crippen molar-refractivity contribution in [3.8, 4) is 0 Å². The Balaban J connectivity index is 1.79. The fourth-order valence-electron chi connectivity index (χ4n) is 2.92. The van der Waals surface area contributed by atoms with Crippen LogP contribution in [-0.4, -0.2) is 46.7 Å². The molecule has 144 valence electrons. The molecule has 2 N–H and O–H groups in total. The van der Waals surface area contributed by atoms with Crippen molar-refractivity contribution in [1.82, 2.24) is 5.32 Å². The summed E-state index contributed by atoms with van der Waals surface area (Å²) in [6, 6.07) is 14.6. The van der Waals surface area contributed by atoms with Crippen LogP contribution in [0.5, 0.6) is 0 Å². The van der Waals surface area contributed by atoms with Crippen LogP contribution < -0.4 is 14.9 Å². The maximum Gasteiger partial charge on any atom is 0.264 e. The van der Waals surface area contributed by atoms with E-state index in [0.717, 1.165) is 0 Å². The molecule has 2 atom stereocenters. The number of hydrogen-bond acceptors (Lipinski definition) is 5. The average molecular weight is 389 g/mol. The molecule has 0 aromatic heterocycles. The van der Waals surface area contributed by atoms with Crippen LogP contribution in [0.2, 0.25) is 0 Å². The van der Waals surface area contributed by atoms with Crippen LogP contribution in [0, 0.1) is 0 Å². The minimum atomic E-state index is -3.74. The van der Waals surface area contributed by atoms with Gasteiger partial charge in [-0.3, -0.25) is 9.10 Å². The number of nitrogens with zero attached hydrogens (tertiary/aromatic N) is 1. The zero-order valence-electron chi connectivity index (χ0n) is 15.3. The van der Waals surface area contributed by atoms with E-state index < -0.39 is 16.1 Å². The standard InChI is InChI=1S/C19H23N3O4S/c1-14-18(20-11-12-26-14)19(23)21-15-7-6-10-17(13-15)27(24,25)22(2)16-8-4-3-5-9-16/h3-10,13-14,18,20H,11-12H2,1-2H3,(H,21,23)/t14-,18+/m1/s1. The predicted molar refractivity (Wildman–Crippen MR) is 104 cm³/mol. The minimum absolute atomic E-state index is 0.104. The van der Waals surface area contributed by atoms with E-state index in [1.807, 2.05) is 13.0 Å². The molecule has 7 nitrogen and oxygen atoms in total. The molecule has 1 amide bonds. The monoisotopic (exact) mass is 389 g/mol. The van der Waals surface area contributed by atoms with Crippen molar-refractivity contribution in [1.29, 1.82) is 0 Å². The van der Waals surface area contributed by atoms with E-state index in [9.17, 15) is 13.2 Å². The van der Waals surface area contributed by atoms with Crippen molar-refractivity contribution in [2.75, 3.05) is 29.8 Å². The van der Waals surface area contributed by atoms with Gasteiger partial charge in [-0.25, -0.2) is 8.42 Å². The maximum atomic E-state index is 12.9. The summed E-state index contributed by atoms with van der Waals surface area (Å²) in [5.41, 5.74) is 0.978. The van der Waals surface area contributed by atoms with Crippen LogP contribution in [0.25, 0.3) is 0 Å². The molecule has 1 saturated heterocycles. The summed E-state index contributed by atoms with van der Waals surface area (Å²) in [6.45, 7) is 2.98. The summed E-state index contributed by atoms with van der Waals surface area (Å²) in [7, 11) is -2.24. The molecule has 27 heavy (non-hydrogen) atoms. The Morgan fingerprint density at radius 2 is 1.93 bits per heavy atom. The van der Waals surface area contributed by atoms with Crippen molar-refractivity contribution in [2.24, 2.45) is 0 Å². The number of nitrogens with one attached hydrogen (secondary N) is 2. The molecule has 0 saturated carbocycles. The third-order valence-electron chi connectivity index (χ3n) is 4.48. The van der Waals surface area contributed by atoms with E-state index in [1.54, 1.807) is 36.4 Å². The second-order valence-electron chi connectivity index (χ2n) is 6.33. The zero-order valence-corrected chi connectivity index (χ0v) is 16.1. The van der Waals surface area contributed by atoms with E-state index in [-0.39, 0.29) is 16.9 Å². The van der Waals surface area contributed by atoms with Crippen molar-refractivity contribution >= 4 is 27.3 Å². The lowest BCUT2D eigenvalue weighted by atomic mass is 10.1. The molecular formula is C19H23N3O4S. The molecule has 1 heterocycles. The highest BCUT2D eigenvalue weighted by atomic mass is 32.2. The van der Waals surface area contributed by atoms with Gasteiger partial charge in [-0.15, -0.1) is 0 Å². The molecule has 0 spiro atoms. The SMILES string of the molecule is C[C@H]1OCCN[C@@H]1C(=O)Nc1cccc(S(=O)(=O)N(C)c2ccccc2)c1. The smallest absolute Gasteiger partial charge is 0.264 e. The molecule has 2 aromatic carbocycles. The Morgan fingerprint density at radius 3 is 2.63 bits per heavy atom. The van der Waals surface area contributed by atoms with Crippen molar-refractivity contribution in [2.45, 2.75) is 24.0 Å². The van der Waals surface area contributed by atoms with Gasteiger partial charge in [0.05, 0.1) is 23.3 Å². The fraction of sp³-hybridized carbons (Fsp3) is 0.316. The summed E-state index contributed by atoms with van der Waals surface area (Å²) in [6.07, 6.45) is -0.255. The quantitative estimate of drug-likeness (QED) is 0.815. The van der Waals surface area contributed by atoms with Gasteiger partial charge in [0, 0.05) is 19.3 Å². The van der Waals surface area contributed by atoms with E-state index in [2.05, 4.69) is 10.6 Å². The molecule has 2 aromatic rings. The lowest BCUT2D eigenvalue weighted by molar-refractivity contribution is -0.123. The second kappa shape index (κ2) is 8.08. The van der Waals surface area contributed by atoms with Crippen LogP contribution in [0.15, 0.2) is 59.5 Å². The maximum absolute atomic E-state index is 12.9. The number of benzene rings is 2. The lowest BCUT2D eigenvalue weighted by Crippen LogP contribution is -2.53.